The van der Waals surface area contributed by atoms with Gasteiger partial charge in [0, 0.05) is 3.57 Å². The molecule has 0 radical (unpaired) electrons. The standard InChI is InChI=1S/C18H14INO4/c1-22-15-8-7-11(10-16(15)23-2)9-14-18(21)24-17(20-14)12-5-3-4-6-13(12)19/h3-10H,1-2H3/b14-9+. The molecular formula is C18H14INO4. The average Bonchev–Trinajstić information content (AvgIpc) is 2.95. The molecule has 6 heteroatoms. The quantitative estimate of drug-likeness (QED) is 0.418. The molecule has 0 N–H and O–H groups in total. The maximum absolute atomic E-state index is 12.1. The Hall–Kier alpha value is -2.35. The van der Waals surface area contributed by atoms with Crippen molar-refractivity contribution in [1.82, 2.24) is 0 Å². The molecule has 0 unspecified atom stereocenters. The number of carbonyl (C=O) groups excluding carboxylic acids is 1. The second-order valence-corrected chi connectivity index (χ2v) is 6.09. The lowest BCUT2D eigenvalue weighted by molar-refractivity contribution is -0.129. The van der Waals surface area contributed by atoms with Crippen LogP contribution in [0.4, 0.5) is 0 Å². The highest BCUT2D eigenvalue weighted by atomic mass is 127. The van der Waals surface area contributed by atoms with Crippen molar-refractivity contribution in [2.45, 2.75) is 0 Å². The van der Waals surface area contributed by atoms with E-state index in [2.05, 4.69) is 27.6 Å². The predicted octanol–water partition coefficient (Wildman–Crippen LogP) is 3.65. The summed E-state index contributed by atoms with van der Waals surface area (Å²) in [7, 11) is 3.13. The fraction of sp³-hybridized carbons (Fsp3) is 0.111. The molecule has 2 aromatic rings. The Morgan fingerprint density at radius 1 is 1.08 bits per heavy atom. The van der Waals surface area contributed by atoms with Crippen molar-refractivity contribution in [2.24, 2.45) is 4.99 Å². The van der Waals surface area contributed by atoms with Crippen LogP contribution in [0.25, 0.3) is 6.08 Å². The van der Waals surface area contributed by atoms with Crippen molar-refractivity contribution in [1.29, 1.82) is 0 Å². The van der Waals surface area contributed by atoms with E-state index in [-0.39, 0.29) is 5.70 Å². The third kappa shape index (κ3) is 3.28. The number of methoxy groups -OCH3 is 2. The summed E-state index contributed by atoms with van der Waals surface area (Å²) in [6, 6.07) is 13.0. The third-order valence-corrected chi connectivity index (χ3v) is 4.38. The maximum Gasteiger partial charge on any atom is 0.363 e. The SMILES string of the molecule is COc1ccc(/C=C2/N=C(c3ccccc3I)OC2=O)cc1OC. The Balaban J connectivity index is 1.96. The molecule has 0 atom stereocenters. The van der Waals surface area contributed by atoms with Crippen molar-refractivity contribution in [3.05, 3.63) is 62.9 Å². The molecule has 2 aromatic carbocycles. The zero-order chi connectivity index (χ0) is 17.1. The van der Waals surface area contributed by atoms with Gasteiger partial charge in [-0.1, -0.05) is 18.2 Å². The van der Waals surface area contributed by atoms with E-state index in [0.29, 0.717) is 17.4 Å². The van der Waals surface area contributed by atoms with E-state index < -0.39 is 5.97 Å². The van der Waals surface area contributed by atoms with E-state index in [4.69, 9.17) is 14.2 Å². The van der Waals surface area contributed by atoms with Crippen LogP contribution in [0.3, 0.4) is 0 Å². The lowest BCUT2D eigenvalue weighted by Crippen LogP contribution is -2.06. The van der Waals surface area contributed by atoms with Crippen molar-refractivity contribution >= 4 is 40.5 Å². The van der Waals surface area contributed by atoms with E-state index in [1.807, 2.05) is 30.3 Å². The molecule has 24 heavy (non-hydrogen) atoms. The molecule has 0 aliphatic carbocycles. The van der Waals surface area contributed by atoms with Crippen molar-refractivity contribution < 1.29 is 19.0 Å². The van der Waals surface area contributed by atoms with Crippen molar-refractivity contribution in [3.8, 4) is 11.5 Å². The molecule has 5 nitrogen and oxygen atoms in total. The van der Waals surface area contributed by atoms with E-state index in [1.165, 1.54) is 0 Å². The van der Waals surface area contributed by atoms with Crippen molar-refractivity contribution in [3.63, 3.8) is 0 Å². The van der Waals surface area contributed by atoms with Gasteiger partial charge in [0.1, 0.15) is 0 Å². The smallest absolute Gasteiger partial charge is 0.363 e. The number of aliphatic imine (C=N–C) groups is 1. The number of hydrogen-bond acceptors (Lipinski definition) is 5. The Kier molecular flexibility index (Phi) is 4.84. The van der Waals surface area contributed by atoms with Crippen LogP contribution in [0.15, 0.2) is 53.2 Å². The topological polar surface area (TPSA) is 57.1 Å². The fourth-order valence-electron chi connectivity index (χ4n) is 2.26. The maximum atomic E-state index is 12.1. The number of benzene rings is 2. The minimum Gasteiger partial charge on any atom is -0.493 e. The van der Waals surface area contributed by atoms with Gasteiger partial charge in [-0.3, -0.25) is 0 Å². The van der Waals surface area contributed by atoms with E-state index >= 15 is 0 Å². The first-order valence-corrected chi connectivity index (χ1v) is 8.19. The molecule has 0 fully saturated rings. The Morgan fingerprint density at radius 3 is 2.54 bits per heavy atom. The number of hydrogen-bond donors (Lipinski definition) is 0. The van der Waals surface area contributed by atoms with Crippen molar-refractivity contribution in [2.75, 3.05) is 14.2 Å². The summed E-state index contributed by atoms with van der Waals surface area (Å²) in [6.07, 6.45) is 1.66. The van der Waals surface area contributed by atoms with Gasteiger partial charge in [-0.15, -0.1) is 0 Å². The number of nitrogens with zero attached hydrogens (tertiary/aromatic N) is 1. The first kappa shape index (κ1) is 16.5. The minimum absolute atomic E-state index is 0.247. The van der Waals surface area contributed by atoms with E-state index in [0.717, 1.165) is 14.7 Å². The summed E-state index contributed by atoms with van der Waals surface area (Å²) in [5, 5.41) is 0. The summed E-state index contributed by atoms with van der Waals surface area (Å²) in [6.45, 7) is 0. The number of rotatable bonds is 4. The highest BCUT2D eigenvalue weighted by Gasteiger charge is 2.25. The van der Waals surface area contributed by atoms with Crippen LogP contribution in [0, 0.1) is 3.57 Å². The van der Waals surface area contributed by atoms with Gasteiger partial charge in [0.15, 0.2) is 17.2 Å². The zero-order valence-electron chi connectivity index (χ0n) is 13.1. The van der Waals surface area contributed by atoms with E-state index in [1.54, 1.807) is 32.4 Å². The number of esters is 1. The molecule has 0 amide bonds. The Bertz CT molecular complexity index is 858. The Labute approximate surface area is 153 Å². The lowest BCUT2D eigenvalue weighted by Gasteiger charge is -2.07. The second kappa shape index (κ2) is 7.04. The molecular weight excluding hydrogens is 421 g/mol. The average molecular weight is 435 g/mol. The normalized spacial score (nSPS) is 15.2. The van der Waals surface area contributed by atoms with Crippen LogP contribution in [0.1, 0.15) is 11.1 Å². The van der Waals surface area contributed by atoms with Gasteiger partial charge >= 0.3 is 5.97 Å². The fourth-order valence-corrected chi connectivity index (χ4v) is 2.88. The van der Waals surface area contributed by atoms with Gasteiger partial charge in [0.05, 0.1) is 19.8 Å². The molecule has 1 heterocycles. The first-order chi connectivity index (χ1) is 11.6. The predicted molar refractivity (Wildman–Crippen MR) is 99.3 cm³/mol. The van der Waals surface area contributed by atoms with E-state index in [9.17, 15) is 4.79 Å². The summed E-state index contributed by atoms with van der Waals surface area (Å²) in [4.78, 5) is 16.4. The molecule has 0 saturated carbocycles. The number of carbonyl (C=O) groups is 1. The van der Waals surface area contributed by atoms with Crippen LogP contribution >= 0.6 is 22.6 Å². The Morgan fingerprint density at radius 2 is 1.83 bits per heavy atom. The second-order valence-electron chi connectivity index (χ2n) is 4.93. The summed E-state index contributed by atoms with van der Waals surface area (Å²) >= 11 is 2.18. The first-order valence-electron chi connectivity index (χ1n) is 7.12. The van der Waals surface area contributed by atoms with Gasteiger partial charge in [0.25, 0.3) is 0 Å². The molecule has 1 aliphatic rings. The third-order valence-electron chi connectivity index (χ3n) is 3.44. The summed E-state index contributed by atoms with van der Waals surface area (Å²) < 4.78 is 16.7. The van der Waals surface area contributed by atoms with Crippen LogP contribution in [-0.2, 0) is 9.53 Å². The zero-order valence-corrected chi connectivity index (χ0v) is 15.2. The van der Waals surface area contributed by atoms with Gasteiger partial charge in [-0.25, -0.2) is 9.79 Å². The van der Waals surface area contributed by atoms with Crippen LogP contribution in [-0.4, -0.2) is 26.1 Å². The largest absolute Gasteiger partial charge is 0.493 e. The van der Waals surface area contributed by atoms with Crippen LogP contribution < -0.4 is 9.47 Å². The highest BCUT2D eigenvalue weighted by Crippen LogP contribution is 2.29. The summed E-state index contributed by atoms with van der Waals surface area (Å²) in [5.74, 6) is 1.05. The van der Waals surface area contributed by atoms with Gasteiger partial charge in [-0.2, -0.15) is 0 Å². The molecule has 122 valence electrons. The summed E-state index contributed by atoms with van der Waals surface area (Å²) in [5.41, 5.74) is 1.81. The monoisotopic (exact) mass is 435 g/mol. The van der Waals surface area contributed by atoms with Gasteiger partial charge in [-0.05, 0) is 58.5 Å². The van der Waals surface area contributed by atoms with Crippen LogP contribution in [0.2, 0.25) is 0 Å². The molecule has 0 spiro atoms. The highest BCUT2D eigenvalue weighted by molar-refractivity contribution is 14.1. The van der Waals surface area contributed by atoms with Gasteiger partial charge in [0.2, 0.25) is 5.90 Å². The lowest BCUT2D eigenvalue weighted by atomic mass is 10.1. The number of halogens is 1. The number of ether oxygens (including phenoxy) is 3. The van der Waals surface area contributed by atoms with Gasteiger partial charge < -0.3 is 14.2 Å². The number of cyclic esters (lactones) is 1. The van der Waals surface area contributed by atoms with Crippen LogP contribution in [0.5, 0.6) is 11.5 Å². The molecule has 1 aliphatic heterocycles. The molecule has 3 rings (SSSR count). The molecule has 0 saturated heterocycles. The minimum atomic E-state index is -0.473. The molecule has 0 aromatic heterocycles. The molecule has 0 bridgehead atoms.